The maximum Gasteiger partial charge on any atom is 0.253 e. The first-order valence-electron chi connectivity index (χ1n) is 10.3. The average Bonchev–Trinajstić information content (AvgIpc) is 3.28. The normalized spacial score (nSPS) is 17.2. The third-order valence-electron chi connectivity index (χ3n) is 5.47. The first-order valence-corrected chi connectivity index (χ1v) is 11.9. The summed E-state index contributed by atoms with van der Waals surface area (Å²) in [5.41, 5.74) is 1.69. The second kappa shape index (κ2) is 8.78. The minimum atomic E-state index is 0.116. The number of carbonyl (C=O) groups excluding carboxylic acids is 1. The fourth-order valence-corrected chi connectivity index (χ4v) is 6.07. The molecule has 1 amide bonds. The molecule has 0 spiro atoms. The summed E-state index contributed by atoms with van der Waals surface area (Å²) in [6, 6.07) is 22.3. The topological polar surface area (TPSA) is 49.3 Å². The molecule has 5 nitrogen and oxygen atoms in total. The quantitative estimate of drug-likeness (QED) is 0.403. The van der Waals surface area contributed by atoms with Gasteiger partial charge in [0.05, 0.1) is 15.3 Å². The summed E-state index contributed by atoms with van der Waals surface area (Å²) in [7, 11) is 0. The molecule has 0 saturated carbocycles. The van der Waals surface area contributed by atoms with Crippen LogP contribution in [0.25, 0.3) is 21.3 Å². The summed E-state index contributed by atoms with van der Waals surface area (Å²) in [6.45, 7) is 4.49. The minimum absolute atomic E-state index is 0.116. The molecule has 7 heteroatoms. The first kappa shape index (κ1) is 20.2. The molecular weight excluding hydrogens is 424 g/mol. The molecule has 156 valence electrons. The molecule has 2 aromatic heterocycles. The highest BCUT2D eigenvalue weighted by Gasteiger charge is 2.28. The number of carbonyl (C=O) groups is 1. The Labute approximate surface area is 189 Å². The van der Waals surface area contributed by atoms with Gasteiger partial charge < -0.3 is 4.90 Å². The third kappa shape index (κ3) is 4.21. The van der Waals surface area contributed by atoms with Crippen LogP contribution in [0, 0.1) is 0 Å². The zero-order chi connectivity index (χ0) is 21.2. The van der Waals surface area contributed by atoms with Crippen molar-refractivity contribution in [3.05, 3.63) is 78.5 Å². The van der Waals surface area contributed by atoms with E-state index in [0.717, 1.165) is 46.5 Å². The van der Waals surface area contributed by atoms with E-state index >= 15 is 0 Å². The lowest BCUT2D eigenvalue weighted by molar-refractivity contribution is 0.0653. The standard InChI is InChI=1S/C24H22N4OS2/c1-17-16-27(24(29)18-7-3-2-4-8-18)13-14-28(17)31-22-12-11-21(30-22)23-20-10-6-5-9-19(20)15-25-26-23/h2-12,15,17H,13-14,16H2,1H3. The van der Waals surface area contributed by atoms with Gasteiger partial charge in [-0.15, -0.1) is 16.4 Å². The molecule has 1 aliphatic heterocycles. The van der Waals surface area contributed by atoms with Gasteiger partial charge in [0.2, 0.25) is 0 Å². The van der Waals surface area contributed by atoms with Gasteiger partial charge in [-0.2, -0.15) is 5.10 Å². The van der Waals surface area contributed by atoms with E-state index in [-0.39, 0.29) is 11.9 Å². The molecular formula is C24H22N4OS2. The molecule has 0 aliphatic carbocycles. The van der Waals surface area contributed by atoms with Crippen LogP contribution in [-0.4, -0.2) is 51.0 Å². The van der Waals surface area contributed by atoms with Crippen LogP contribution in [-0.2, 0) is 0 Å². The average molecular weight is 447 g/mol. The summed E-state index contributed by atoms with van der Waals surface area (Å²) in [6.07, 6.45) is 1.81. The first-order chi connectivity index (χ1) is 15.2. The number of nitrogens with zero attached hydrogens (tertiary/aromatic N) is 4. The summed E-state index contributed by atoms with van der Waals surface area (Å²) >= 11 is 3.51. The van der Waals surface area contributed by atoms with Crippen molar-refractivity contribution < 1.29 is 4.79 Å². The fraction of sp³-hybridized carbons (Fsp3) is 0.208. The van der Waals surface area contributed by atoms with Crippen LogP contribution in [0.2, 0.25) is 0 Å². The summed E-state index contributed by atoms with van der Waals surface area (Å²) < 4.78 is 3.60. The maximum absolute atomic E-state index is 12.8. The van der Waals surface area contributed by atoms with E-state index in [9.17, 15) is 4.79 Å². The van der Waals surface area contributed by atoms with Crippen molar-refractivity contribution in [1.82, 2.24) is 19.4 Å². The third-order valence-corrected chi connectivity index (χ3v) is 7.92. The van der Waals surface area contributed by atoms with E-state index in [1.165, 1.54) is 4.21 Å². The molecule has 4 aromatic rings. The van der Waals surface area contributed by atoms with Crippen molar-refractivity contribution in [3.8, 4) is 10.6 Å². The summed E-state index contributed by atoms with van der Waals surface area (Å²) in [5.74, 6) is 0.116. The van der Waals surface area contributed by atoms with Crippen LogP contribution in [0.3, 0.4) is 0 Å². The number of benzene rings is 2. The monoisotopic (exact) mass is 446 g/mol. The number of hydrogen-bond donors (Lipinski definition) is 0. The lowest BCUT2D eigenvalue weighted by atomic mass is 10.1. The Morgan fingerprint density at radius 3 is 2.68 bits per heavy atom. The van der Waals surface area contributed by atoms with Crippen molar-refractivity contribution in [1.29, 1.82) is 0 Å². The van der Waals surface area contributed by atoms with Crippen molar-refractivity contribution in [2.75, 3.05) is 19.6 Å². The second-order valence-corrected chi connectivity index (χ2v) is 10.0. The molecule has 0 bridgehead atoms. The lowest BCUT2D eigenvalue weighted by Crippen LogP contribution is -2.51. The number of fused-ring (bicyclic) bond motifs is 1. The van der Waals surface area contributed by atoms with Gasteiger partial charge in [0.15, 0.2) is 0 Å². The minimum Gasteiger partial charge on any atom is -0.336 e. The predicted octanol–water partition coefficient (Wildman–Crippen LogP) is 5.21. The Hall–Kier alpha value is -2.74. The number of rotatable bonds is 4. The SMILES string of the molecule is CC1CN(C(=O)c2ccccc2)CCN1Sc1ccc(-c2nncc3ccccc23)s1. The van der Waals surface area contributed by atoms with E-state index in [2.05, 4.69) is 45.7 Å². The highest BCUT2D eigenvalue weighted by atomic mass is 32.2. The molecule has 1 unspecified atom stereocenters. The van der Waals surface area contributed by atoms with E-state index in [1.807, 2.05) is 47.4 Å². The van der Waals surface area contributed by atoms with Crippen LogP contribution in [0.5, 0.6) is 0 Å². The Morgan fingerprint density at radius 1 is 1.03 bits per heavy atom. The van der Waals surface area contributed by atoms with E-state index < -0.39 is 0 Å². The highest BCUT2D eigenvalue weighted by molar-refractivity contribution is 7.99. The van der Waals surface area contributed by atoms with Crippen molar-refractivity contribution in [2.24, 2.45) is 0 Å². The molecule has 2 aromatic carbocycles. The molecule has 0 N–H and O–H groups in total. The number of piperazine rings is 1. The molecule has 5 rings (SSSR count). The van der Waals surface area contributed by atoms with Gasteiger partial charge in [0.25, 0.3) is 5.91 Å². The Balaban J connectivity index is 1.27. The van der Waals surface area contributed by atoms with Gasteiger partial charge in [0.1, 0.15) is 5.69 Å². The molecule has 1 fully saturated rings. The maximum atomic E-state index is 12.8. The lowest BCUT2D eigenvalue weighted by Gasteiger charge is -2.38. The van der Waals surface area contributed by atoms with E-state index in [0.29, 0.717) is 0 Å². The Bertz CT molecular complexity index is 1210. The van der Waals surface area contributed by atoms with Gasteiger partial charge in [-0.3, -0.25) is 4.79 Å². The van der Waals surface area contributed by atoms with Crippen LogP contribution in [0.1, 0.15) is 17.3 Å². The molecule has 1 saturated heterocycles. The van der Waals surface area contributed by atoms with Crippen molar-refractivity contribution in [2.45, 2.75) is 17.2 Å². The molecule has 3 heterocycles. The van der Waals surface area contributed by atoms with Gasteiger partial charge in [-0.25, -0.2) is 4.31 Å². The van der Waals surface area contributed by atoms with Gasteiger partial charge in [-0.1, -0.05) is 42.5 Å². The number of thiophene rings is 1. The Morgan fingerprint density at radius 2 is 1.84 bits per heavy atom. The summed E-state index contributed by atoms with van der Waals surface area (Å²) in [5, 5.41) is 10.8. The van der Waals surface area contributed by atoms with Crippen molar-refractivity contribution in [3.63, 3.8) is 0 Å². The zero-order valence-corrected chi connectivity index (χ0v) is 18.8. The number of aromatic nitrogens is 2. The van der Waals surface area contributed by atoms with E-state index in [1.54, 1.807) is 29.5 Å². The van der Waals surface area contributed by atoms with Crippen LogP contribution < -0.4 is 0 Å². The van der Waals surface area contributed by atoms with E-state index in [4.69, 9.17) is 0 Å². The molecule has 1 aliphatic rings. The summed E-state index contributed by atoms with van der Waals surface area (Å²) in [4.78, 5) is 15.9. The smallest absolute Gasteiger partial charge is 0.253 e. The number of hydrogen-bond acceptors (Lipinski definition) is 6. The second-order valence-electron chi connectivity index (χ2n) is 7.60. The van der Waals surface area contributed by atoms with Crippen LogP contribution >= 0.6 is 23.3 Å². The van der Waals surface area contributed by atoms with Gasteiger partial charge >= 0.3 is 0 Å². The van der Waals surface area contributed by atoms with Crippen LogP contribution in [0.4, 0.5) is 0 Å². The zero-order valence-electron chi connectivity index (χ0n) is 17.1. The molecule has 31 heavy (non-hydrogen) atoms. The van der Waals surface area contributed by atoms with Crippen molar-refractivity contribution >= 4 is 40.0 Å². The molecule has 0 radical (unpaired) electrons. The molecule has 1 atom stereocenters. The Kier molecular flexibility index (Phi) is 5.72. The van der Waals surface area contributed by atoms with Gasteiger partial charge in [-0.05, 0) is 43.1 Å². The highest BCUT2D eigenvalue weighted by Crippen LogP contribution is 2.38. The number of amides is 1. The largest absolute Gasteiger partial charge is 0.336 e. The predicted molar refractivity (Wildman–Crippen MR) is 127 cm³/mol. The fourth-order valence-electron chi connectivity index (χ4n) is 3.85. The van der Waals surface area contributed by atoms with Crippen LogP contribution in [0.15, 0.2) is 77.1 Å². The van der Waals surface area contributed by atoms with Gasteiger partial charge in [0, 0.05) is 42.0 Å².